The lowest BCUT2D eigenvalue weighted by Crippen LogP contribution is -2.36. The van der Waals surface area contributed by atoms with Gasteiger partial charge >= 0.3 is 6.18 Å². The van der Waals surface area contributed by atoms with Gasteiger partial charge in [0.2, 0.25) is 5.91 Å². The normalized spacial score (nSPS) is 20.5. The van der Waals surface area contributed by atoms with Gasteiger partial charge in [0.25, 0.3) is 0 Å². The highest BCUT2D eigenvalue weighted by Crippen LogP contribution is 2.32. The Kier molecular flexibility index (Phi) is 4.62. The smallest absolute Gasteiger partial charge is 0.326 e. The number of carbonyl (C=O) groups is 1. The standard InChI is InChI=1S/C17H21F3N2O/c18-17(19,20)13-1-3-14(4-2-13)21-16(23)11-12-7-9-22(10-8-12)15-5-6-15/h1-4,12,15H,5-11H2,(H,21,23). The third-order valence-electron chi connectivity index (χ3n) is 4.68. The minimum atomic E-state index is -4.35. The Balaban J connectivity index is 1.45. The fraction of sp³-hybridized carbons (Fsp3) is 0.588. The molecule has 1 saturated heterocycles. The molecule has 0 spiro atoms. The van der Waals surface area contributed by atoms with Gasteiger partial charge in [0.15, 0.2) is 0 Å². The lowest BCUT2D eigenvalue weighted by atomic mass is 9.93. The summed E-state index contributed by atoms with van der Waals surface area (Å²) in [6.07, 6.45) is 0.754. The zero-order valence-electron chi connectivity index (χ0n) is 12.9. The summed E-state index contributed by atoms with van der Waals surface area (Å²) in [5.41, 5.74) is -0.290. The SMILES string of the molecule is O=C(CC1CCN(C2CC2)CC1)Nc1ccc(C(F)(F)F)cc1. The predicted octanol–water partition coefficient (Wildman–Crippen LogP) is 3.91. The minimum absolute atomic E-state index is 0.116. The first kappa shape index (κ1) is 16.3. The molecule has 0 atom stereocenters. The molecule has 3 nitrogen and oxygen atoms in total. The molecule has 126 valence electrons. The van der Waals surface area contributed by atoms with Crippen molar-refractivity contribution in [2.45, 2.75) is 44.3 Å². The van der Waals surface area contributed by atoms with Crippen LogP contribution in [0.3, 0.4) is 0 Å². The molecule has 1 N–H and O–H groups in total. The van der Waals surface area contributed by atoms with Gasteiger partial charge < -0.3 is 10.2 Å². The number of hydrogen-bond acceptors (Lipinski definition) is 2. The molecule has 1 aromatic carbocycles. The molecule has 1 saturated carbocycles. The molecule has 0 unspecified atom stereocenters. The van der Waals surface area contributed by atoms with E-state index in [2.05, 4.69) is 10.2 Å². The van der Waals surface area contributed by atoms with Crippen LogP contribution in [0.2, 0.25) is 0 Å². The van der Waals surface area contributed by atoms with Crippen LogP contribution >= 0.6 is 0 Å². The van der Waals surface area contributed by atoms with E-state index in [1.165, 1.54) is 25.0 Å². The number of benzene rings is 1. The molecule has 1 aromatic rings. The Morgan fingerprint density at radius 3 is 2.22 bits per heavy atom. The molecule has 1 aliphatic heterocycles. The average Bonchev–Trinajstić information content (AvgIpc) is 3.32. The first-order valence-corrected chi connectivity index (χ1v) is 8.13. The Hall–Kier alpha value is -1.56. The molecule has 0 bridgehead atoms. The van der Waals surface area contributed by atoms with Gasteiger partial charge in [0.05, 0.1) is 5.56 Å². The van der Waals surface area contributed by atoms with E-state index in [0.29, 0.717) is 18.0 Å². The van der Waals surface area contributed by atoms with Crippen molar-refractivity contribution in [2.24, 2.45) is 5.92 Å². The maximum atomic E-state index is 12.5. The highest BCUT2D eigenvalue weighted by molar-refractivity contribution is 5.90. The van der Waals surface area contributed by atoms with Gasteiger partial charge in [-0.2, -0.15) is 13.2 Å². The van der Waals surface area contributed by atoms with Crippen LogP contribution in [0, 0.1) is 5.92 Å². The van der Waals surface area contributed by atoms with Crippen LogP contribution in [0.1, 0.15) is 37.7 Å². The number of alkyl halides is 3. The summed E-state index contributed by atoms with van der Waals surface area (Å²) in [6, 6.07) is 5.36. The lowest BCUT2D eigenvalue weighted by Gasteiger charge is -2.31. The van der Waals surface area contributed by atoms with Gasteiger partial charge in [-0.25, -0.2) is 0 Å². The fourth-order valence-corrected chi connectivity index (χ4v) is 3.18. The van der Waals surface area contributed by atoms with E-state index in [-0.39, 0.29) is 5.91 Å². The Morgan fingerprint density at radius 1 is 1.09 bits per heavy atom. The summed E-state index contributed by atoms with van der Waals surface area (Å²) >= 11 is 0. The molecule has 1 heterocycles. The molecule has 0 aromatic heterocycles. The number of hydrogen-bond donors (Lipinski definition) is 1. The zero-order chi connectivity index (χ0) is 16.4. The average molecular weight is 326 g/mol. The molecule has 0 radical (unpaired) electrons. The highest BCUT2D eigenvalue weighted by Gasteiger charge is 2.32. The van der Waals surface area contributed by atoms with Gasteiger partial charge in [0.1, 0.15) is 0 Å². The van der Waals surface area contributed by atoms with Crippen molar-refractivity contribution in [1.29, 1.82) is 0 Å². The molecular weight excluding hydrogens is 305 g/mol. The van der Waals surface area contributed by atoms with Crippen LogP contribution < -0.4 is 5.32 Å². The number of likely N-dealkylation sites (tertiary alicyclic amines) is 1. The van der Waals surface area contributed by atoms with Crippen LogP contribution in [-0.2, 0) is 11.0 Å². The number of piperidine rings is 1. The summed E-state index contributed by atoms with van der Waals surface area (Å²) in [7, 11) is 0. The molecule has 1 amide bonds. The molecule has 23 heavy (non-hydrogen) atoms. The number of amides is 1. The van der Waals surface area contributed by atoms with Gasteiger partial charge in [0, 0.05) is 18.2 Å². The first-order valence-electron chi connectivity index (χ1n) is 8.13. The Labute approximate surface area is 133 Å². The van der Waals surface area contributed by atoms with E-state index < -0.39 is 11.7 Å². The summed E-state index contributed by atoms with van der Waals surface area (Å²) in [4.78, 5) is 14.5. The van der Waals surface area contributed by atoms with E-state index in [1.807, 2.05) is 0 Å². The third-order valence-corrected chi connectivity index (χ3v) is 4.68. The van der Waals surface area contributed by atoms with Crippen molar-refractivity contribution >= 4 is 11.6 Å². The van der Waals surface area contributed by atoms with Crippen molar-refractivity contribution in [3.05, 3.63) is 29.8 Å². The number of anilines is 1. The summed E-state index contributed by atoms with van der Waals surface area (Å²) in [5, 5.41) is 2.69. The van der Waals surface area contributed by atoms with E-state index in [9.17, 15) is 18.0 Å². The summed E-state index contributed by atoms with van der Waals surface area (Å²) in [5.74, 6) is 0.258. The van der Waals surface area contributed by atoms with Crippen molar-refractivity contribution < 1.29 is 18.0 Å². The van der Waals surface area contributed by atoms with E-state index >= 15 is 0 Å². The number of rotatable bonds is 4. The van der Waals surface area contributed by atoms with E-state index in [0.717, 1.165) is 44.1 Å². The summed E-state index contributed by atoms with van der Waals surface area (Å²) < 4.78 is 37.5. The second-order valence-corrected chi connectivity index (χ2v) is 6.54. The lowest BCUT2D eigenvalue weighted by molar-refractivity contribution is -0.137. The van der Waals surface area contributed by atoms with E-state index in [1.54, 1.807) is 0 Å². The monoisotopic (exact) mass is 326 g/mol. The largest absolute Gasteiger partial charge is 0.416 e. The molecule has 2 fully saturated rings. The Morgan fingerprint density at radius 2 is 1.70 bits per heavy atom. The topological polar surface area (TPSA) is 32.3 Å². The van der Waals surface area contributed by atoms with Crippen molar-refractivity contribution in [1.82, 2.24) is 4.90 Å². The molecule has 2 aliphatic rings. The maximum Gasteiger partial charge on any atom is 0.416 e. The number of carbonyl (C=O) groups excluding carboxylic acids is 1. The van der Waals surface area contributed by atoms with Crippen molar-refractivity contribution in [2.75, 3.05) is 18.4 Å². The minimum Gasteiger partial charge on any atom is -0.326 e. The van der Waals surface area contributed by atoms with E-state index in [4.69, 9.17) is 0 Å². The van der Waals surface area contributed by atoms with Crippen LogP contribution in [0.25, 0.3) is 0 Å². The Bertz CT molecular complexity index is 544. The highest BCUT2D eigenvalue weighted by atomic mass is 19.4. The van der Waals surface area contributed by atoms with Gasteiger partial charge in [-0.15, -0.1) is 0 Å². The quantitative estimate of drug-likeness (QED) is 0.910. The number of halogens is 3. The zero-order valence-corrected chi connectivity index (χ0v) is 12.9. The molecule has 3 rings (SSSR count). The van der Waals surface area contributed by atoms with Crippen LogP contribution in [0.4, 0.5) is 18.9 Å². The van der Waals surface area contributed by atoms with Gasteiger partial charge in [-0.1, -0.05) is 0 Å². The fourth-order valence-electron chi connectivity index (χ4n) is 3.18. The second kappa shape index (κ2) is 6.51. The van der Waals surface area contributed by atoms with Gasteiger partial charge in [-0.3, -0.25) is 4.79 Å². The second-order valence-electron chi connectivity index (χ2n) is 6.54. The maximum absolute atomic E-state index is 12.5. The van der Waals surface area contributed by atoms with Crippen LogP contribution in [0.15, 0.2) is 24.3 Å². The van der Waals surface area contributed by atoms with Crippen molar-refractivity contribution in [3.63, 3.8) is 0 Å². The molecule has 1 aliphatic carbocycles. The van der Waals surface area contributed by atoms with Crippen LogP contribution in [-0.4, -0.2) is 29.9 Å². The third kappa shape index (κ3) is 4.47. The number of nitrogens with zero attached hydrogens (tertiary/aromatic N) is 1. The first-order chi connectivity index (χ1) is 10.9. The van der Waals surface area contributed by atoms with Crippen molar-refractivity contribution in [3.8, 4) is 0 Å². The molecular formula is C17H21F3N2O. The molecule has 6 heteroatoms. The van der Waals surface area contributed by atoms with Crippen LogP contribution in [0.5, 0.6) is 0 Å². The number of nitrogens with one attached hydrogen (secondary N) is 1. The predicted molar refractivity (Wildman–Crippen MR) is 82.0 cm³/mol. The summed E-state index contributed by atoms with van der Waals surface area (Å²) in [6.45, 7) is 2.12. The van der Waals surface area contributed by atoms with Gasteiger partial charge in [-0.05, 0) is 69.0 Å².